The average molecular weight is 286 g/mol. The number of carbonyl (C=O) groups is 2. The van der Waals surface area contributed by atoms with Crippen molar-refractivity contribution in [3.63, 3.8) is 0 Å². The second-order valence-electron chi connectivity index (χ2n) is 5.96. The van der Waals surface area contributed by atoms with E-state index in [4.69, 9.17) is 5.11 Å². The molecule has 0 aromatic rings. The van der Waals surface area contributed by atoms with Gasteiger partial charge in [0.2, 0.25) is 0 Å². The van der Waals surface area contributed by atoms with E-state index in [1.807, 2.05) is 0 Å². The molecule has 1 saturated heterocycles. The largest absolute Gasteiger partial charge is 0.481 e. The first kappa shape index (κ1) is 16.8. The molecule has 1 aliphatic rings. The Labute approximate surface area is 120 Å². The van der Waals surface area contributed by atoms with Crippen molar-refractivity contribution in [2.75, 3.05) is 19.7 Å². The van der Waals surface area contributed by atoms with Crippen LogP contribution in [0.15, 0.2) is 0 Å². The zero-order chi connectivity index (χ0) is 15.2. The van der Waals surface area contributed by atoms with Gasteiger partial charge in [-0.05, 0) is 31.6 Å². The minimum atomic E-state index is -0.857. The summed E-state index contributed by atoms with van der Waals surface area (Å²) in [5, 5.41) is 21.0. The molecule has 0 bridgehead atoms. The van der Waals surface area contributed by atoms with Crippen LogP contribution in [0.3, 0.4) is 0 Å². The smallest absolute Gasteiger partial charge is 0.317 e. The van der Waals surface area contributed by atoms with Crippen molar-refractivity contribution >= 4 is 12.0 Å². The van der Waals surface area contributed by atoms with Crippen molar-refractivity contribution in [1.29, 1.82) is 0 Å². The summed E-state index contributed by atoms with van der Waals surface area (Å²) in [6.07, 6.45) is 2.98. The van der Waals surface area contributed by atoms with Crippen LogP contribution in [-0.2, 0) is 4.79 Å². The molecule has 0 spiro atoms. The molecule has 1 unspecified atom stereocenters. The number of rotatable bonds is 7. The molecular weight excluding hydrogens is 260 g/mol. The summed E-state index contributed by atoms with van der Waals surface area (Å²) in [5.41, 5.74) is -0.453. The Hall–Kier alpha value is -1.30. The minimum absolute atomic E-state index is 0.0201. The molecule has 6 nitrogen and oxygen atoms in total. The van der Waals surface area contributed by atoms with Gasteiger partial charge < -0.3 is 20.4 Å². The Morgan fingerprint density at radius 3 is 2.65 bits per heavy atom. The molecule has 1 heterocycles. The lowest BCUT2D eigenvalue weighted by atomic mass is 9.87. The Kier molecular flexibility index (Phi) is 6.26. The van der Waals surface area contributed by atoms with Crippen molar-refractivity contribution in [3.05, 3.63) is 0 Å². The first-order valence-corrected chi connectivity index (χ1v) is 7.29. The summed E-state index contributed by atoms with van der Waals surface area (Å²) in [6, 6.07) is -0.192. The molecule has 116 valence electrons. The third-order valence-electron chi connectivity index (χ3n) is 3.77. The van der Waals surface area contributed by atoms with Gasteiger partial charge >= 0.3 is 12.0 Å². The van der Waals surface area contributed by atoms with Crippen LogP contribution in [0.5, 0.6) is 0 Å². The second kappa shape index (κ2) is 7.47. The third kappa shape index (κ3) is 4.37. The van der Waals surface area contributed by atoms with Gasteiger partial charge in [0.1, 0.15) is 0 Å². The fraction of sp³-hybridized carbons (Fsp3) is 0.857. The lowest BCUT2D eigenvalue weighted by Gasteiger charge is -2.38. The van der Waals surface area contributed by atoms with Gasteiger partial charge in [-0.2, -0.15) is 0 Å². The van der Waals surface area contributed by atoms with Crippen molar-refractivity contribution in [2.24, 2.45) is 5.92 Å². The van der Waals surface area contributed by atoms with Crippen LogP contribution in [0.25, 0.3) is 0 Å². The van der Waals surface area contributed by atoms with Gasteiger partial charge in [0.05, 0.1) is 12.1 Å². The summed E-state index contributed by atoms with van der Waals surface area (Å²) in [6.45, 7) is 5.15. The van der Waals surface area contributed by atoms with E-state index < -0.39 is 11.5 Å². The number of nitrogens with zero attached hydrogens (tertiary/aromatic N) is 1. The zero-order valence-electron chi connectivity index (χ0n) is 12.4. The molecule has 2 amide bonds. The summed E-state index contributed by atoms with van der Waals surface area (Å²) >= 11 is 0. The molecule has 1 atom stereocenters. The van der Waals surface area contributed by atoms with Crippen LogP contribution in [-0.4, -0.2) is 52.3 Å². The van der Waals surface area contributed by atoms with Crippen LogP contribution in [0, 0.1) is 5.92 Å². The predicted octanol–water partition coefficient (Wildman–Crippen LogP) is 1.43. The second-order valence-corrected chi connectivity index (χ2v) is 5.96. The van der Waals surface area contributed by atoms with Gasteiger partial charge in [-0.25, -0.2) is 4.79 Å². The van der Waals surface area contributed by atoms with E-state index in [9.17, 15) is 14.7 Å². The highest BCUT2D eigenvalue weighted by molar-refractivity contribution is 5.75. The highest BCUT2D eigenvalue weighted by atomic mass is 16.4. The Morgan fingerprint density at radius 1 is 1.40 bits per heavy atom. The number of carboxylic acids is 1. The van der Waals surface area contributed by atoms with Crippen LogP contribution in [0.4, 0.5) is 4.79 Å². The number of aliphatic hydroxyl groups is 1. The summed E-state index contributed by atoms with van der Waals surface area (Å²) in [5.74, 6) is -0.451. The number of urea groups is 1. The Balaban J connectivity index is 2.54. The molecule has 0 saturated carbocycles. The number of aliphatic hydroxyl groups excluding tert-OH is 1. The van der Waals surface area contributed by atoms with Crippen LogP contribution >= 0.6 is 0 Å². The maximum Gasteiger partial charge on any atom is 0.317 e. The van der Waals surface area contributed by atoms with Gasteiger partial charge in [0.25, 0.3) is 0 Å². The number of aliphatic carboxylic acids is 1. The molecule has 3 N–H and O–H groups in total. The average Bonchev–Trinajstić information content (AvgIpc) is 2.77. The van der Waals surface area contributed by atoms with E-state index in [1.54, 1.807) is 4.90 Å². The number of likely N-dealkylation sites (tertiary alicyclic amines) is 1. The highest BCUT2D eigenvalue weighted by Crippen LogP contribution is 2.34. The van der Waals surface area contributed by atoms with E-state index >= 15 is 0 Å². The maximum atomic E-state index is 12.2. The van der Waals surface area contributed by atoms with E-state index in [0.717, 1.165) is 19.3 Å². The zero-order valence-corrected chi connectivity index (χ0v) is 12.4. The molecule has 1 aliphatic heterocycles. The van der Waals surface area contributed by atoms with Crippen LogP contribution in [0.1, 0.15) is 46.0 Å². The molecule has 1 rings (SSSR count). The Bertz CT molecular complexity index is 346. The topological polar surface area (TPSA) is 89.9 Å². The fourth-order valence-electron chi connectivity index (χ4n) is 2.99. The fourth-order valence-corrected chi connectivity index (χ4v) is 2.99. The number of carboxylic acid groups (broad SMARTS) is 1. The van der Waals surface area contributed by atoms with Gasteiger partial charge in [0.15, 0.2) is 0 Å². The predicted molar refractivity (Wildman–Crippen MR) is 75.5 cm³/mol. The first-order chi connectivity index (χ1) is 9.41. The van der Waals surface area contributed by atoms with Gasteiger partial charge in [-0.3, -0.25) is 4.79 Å². The van der Waals surface area contributed by atoms with Crippen LogP contribution < -0.4 is 5.32 Å². The lowest BCUT2D eigenvalue weighted by molar-refractivity contribution is -0.137. The molecule has 0 aromatic carbocycles. The quantitative estimate of drug-likeness (QED) is 0.618. The molecule has 20 heavy (non-hydrogen) atoms. The molecule has 0 aliphatic carbocycles. The van der Waals surface area contributed by atoms with Gasteiger partial charge in [-0.1, -0.05) is 13.8 Å². The monoisotopic (exact) mass is 286 g/mol. The highest BCUT2D eigenvalue weighted by Gasteiger charge is 2.43. The van der Waals surface area contributed by atoms with Crippen LogP contribution in [0.2, 0.25) is 0 Å². The van der Waals surface area contributed by atoms with Crippen molar-refractivity contribution in [1.82, 2.24) is 10.2 Å². The molecular formula is C14H26N2O4. The molecule has 0 aromatic heterocycles. The number of carbonyl (C=O) groups excluding carboxylic acids is 1. The Morgan fingerprint density at radius 2 is 2.10 bits per heavy atom. The van der Waals surface area contributed by atoms with Crippen molar-refractivity contribution in [3.8, 4) is 0 Å². The maximum absolute atomic E-state index is 12.2. The first-order valence-electron chi connectivity index (χ1n) is 7.29. The number of hydrogen-bond donors (Lipinski definition) is 3. The van der Waals surface area contributed by atoms with Gasteiger partial charge in [-0.15, -0.1) is 0 Å². The lowest BCUT2D eigenvalue weighted by Crippen LogP contribution is -2.54. The van der Waals surface area contributed by atoms with Gasteiger partial charge in [0, 0.05) is 19.5 Å². The SMILES string of the molecule is CC(C)CC1(CO)CCCN1C(=O)NCCCC(=O)O. The van der Waals surface area contributed by atoms with E-state index in [0.29, 0.717) is 25.4 Å². The number of hydrogen-bond acceptors (Lipinski definition) is 3. The third-order valence-corrected chi connectivity index (χ3v) is 3.77. The van der Waals surface area contributed by atoms with E-state index in [-0.39, 0.29) is 19.1 Å². The number of nitrogens with one attached hydrogen (secondary N) is 1. The molecule has 0 radical (unpaired) electrons. The van der Waals surface area contributed by atoms with Crippen molar-refractivity contribution < 1.29 is 19.8 Å². The molecule has 6 heteroatoms. The summed E-state index contributed by atoms with van der Waals surface area (Å²) < 4.78 is 0. The summed E-state index contributed by atoms with van der Waals surface area (Å²) in [7, 11) is 0. The normalized spacial score (nSPS) is 22.3. The summed E-state index contributed by atoms with van der Waals surface area (Å²) in [4.78, 5) is 24.3. The van der Waals surface area contributed by atoms with E-state index in [2.05, 4.69) is 19.2 Å². The van der Waals surface area contributed by atoms with E-state index in [1.165, 1.54) is 0 Å². The standard InChI is InChI=1S/C14H26N2O4/c1-11(2)9-14(10-17)6-4-8-16(14)13(20)15-7-3-5-12(18)19/h11,17H,3-10H2,1-2H3,(H,15,20)(H,18,19). The number of amides is 2. The molecule has 1 fully saturated rings. The minimum Gasteiger partial charge on any atom is -0.481 e. The van der Waals surface area contributed by atoms with Crippen molar-refractivity contribution in [2.45, 2.75) is 51.5 Å².